The van der Waals surface area contributed by atoms with Crippen LogP contribution in [0.4, 0.5) is 10.6 Å². The molecule has 6 nitrogen and oxygen atoms in total. The summed E-state index contributed by atoms with van der Waals surface area (Å²) >= 11 is 0. The first-order valence-electron chi connectivity index (χ1n) is 5.19. The summed E-state index contributed by atoms with van der Waals surface area (Å²) in [6.45, 7) is 3.58. The number of nitrogens with one attached hydrogen (secondary N) is 2. The van der Waals surface area contributed by atoms with Crippen molar-refractivity contribution in [3.8, 4) is 0 Å². The van der Waals surface area contributed by atoms with Crippen LogP contribution in [-0.2, 0) is 7.05 Å². The standard InChI is InChI=1S/C10H18N4O2/c1-4-10(2,7-15)12-9(16)11-8-5-6-14(3)13-8/h5-6,15H,4,7H2,1-3H3,(H2,11,12,13,16). The van der Waals surface area contributed by atoms with Crippen molar-refractivity contribution in [2.75, 3.05) is 11.9 Å². The molecule has 1 rings (SSSR count). The van der Waals surface area contributed by atoms with Gasteiger partial charge < -0.3 is 10.4 Å². The van der Waals surface area contributed by atoms with Gasteiger partial charge in [0.25, 0.3) is 0 Å². The highest BCUT2D eigenvalue weighted by Gasteiger charge is 2.23. The summed E-state index contributed by atoms with van der Waals surface area (Å²) < 4.78 is 1.60. The van der Waals surface area contributed by atoms with Gasteiger partial charge in [-0.1, -0.05) is 6.92 Å². The Kier molecular flexibility index (Phi) is 3.89. The third kappa shape index (κ3) is 3.23. The molecule has 1 heterocycles. The highest BCUT2D eigenvalue weighted by Crippen LogP contribution is 2.08. The number of rotatable bonds is 4. The summed E-state index contributed by atoms with van der Waals surface area (Å²) in [6, 6.07) is 1.33. The van der Waals surface area contributed by atoms with Gasteiger partial charge in [0.15, 0.2) is 5.82 Å². The molecule has 0 fully saturated rings. The second kappa shape index (κ2) is 4.98. The lowest BCUT2D eigenvalue weighted by atomic mass is 10.0. The molecular formula is C10H18N4O2. The van der Waals surface area contributed by atoms with E-state index in [2.05, 4.69) is 15.7 Å². The third-order valence-electron chi connectivity index (χ3n) is 2.50. The highest BCUT2D eigenvalue weighted by atomic mass is 16.3. The molecule has 1 unspecified atom stereocenters. The largest absolute Gasteiger partial charge is 0.394 e. The molecule has 0 saturated heterocycles. The van der Waals surface area contributed by atoms with E-state index in [9.17, 15) is 4.79 Å². The quantitative estimate of drug-likeness (QED) is 0.707. The maximum atomic E-state index is 11.6. The summed E-state index contributed by atoms with van der Waals surface area (Å²) in [5.41, 5.74) is -0.598. The Morgan fingerprint density at radius 1 is 1.69 bits per heavy atom. The molecule has 2 amide bonds. The van der Waals surface area contributed by atoms with Crippen molar-refractivity contribution in [2.45, 2.75) is 25.8 Å². The van der Waals surface area contributed by atoms with Gasteiger partial charge in [-0.3, -0.25) is 10.00 Å². The van der Waals surface area contributed by atoms with Crippen LogP contribution in [0.3, 0.4) is 0 Å². The van der Waals surface area contributed by atoms with Gasteiger partial charge in [0.1, 0.15) is 0 Å². The van der Waals surface area contributed by atoms with Crippen LogP contribution in [0.25, 0.3) is 0 Å². The summed E-state index contributed by atoms with van der Waals surface area (Å²) in [6.07, 6.45) is 2.39. The fraction of sp³-hybridized carbons (Fsp3) is 0.600. The van der Waals surface area contributed by atoms with E-state index in [0.717, 1.165) is 0 Å². The lowest BCUT2D eigenvalue weighted by molar-refractivity contribution is 0.172. The topological polar surface area (TPSA) is 79.2 Å². The first kappa shape index (κ1) is 12.5. The molecule has 0 aliphatic carbocycles. The van der Waals surface area contributed by atoms with Gasteiger partial charge in [-0.25, -0.2) is 4.79 Å². The summed E-state index contributed by atoms with van der Waals surface area (Å²) in [5.74, 6) is 0.483. The van der Waals surface area contributed by atoms with E-state index < -0.39 is 5.54 Å². The number of hydrogen-bond donors (Lipinski definition) is 3. The van der Waals surface area contributed by atoms with Crippen LogP contribution in [-0.4, -0.2) is 33.1 Å². The number of aromatic nitrogens is 2. The molecule has 0 saturated carbocycles. The minimum Gasteiger partial charge on any atom is -0.394 e. The number of nitrogens with zero attached hydrogens (tertiary/aromatic N) is 2. The smallest absolute Gasteiger partial charge is 0.320 e. The van der Waals surface area contributed by atoms with Crippen LogP contribution in [0, 0.1) is 0 Å². The van der Waals surface area contributed by atoms with Gasteiger partial charge in [-0.05, 0) is 13.3 Å². The van der Waals surface area contributed by atoms with E-state index in [1.165, 1.54) is 0 Å². The van der Waals surface area contributed by atoms with Gasteiger partial charge in [-0.15, -0.1) is 0 Å². The van der Waals surface area contributed by atoms with Gasteiger partial charge in [0.05, 0.1) is 12.1 Å². The molecule has 0 aliphatic rings. The van der Waals surface area contributed by atoms with Crippen LogP contribution in [0.1, 0.15) is 20.3 Å². The van der Waals surface area contributed by atoms with E-state index in [4.69, 9.17) is 5.11 Å². The average Bonchev–Trinajstić information content (AvgIpc) is 2.63. The zero-order chi connectivity index (χ0) is 12.2. The molecule has 1 aromatic rings. The van der Waals surface area contributed by atoms with Crippen LogP contribution in [0.2, 0.25) is 0 Å². The molecule has 6 heteroatoms. The second-order valence-electron chi connectivity index (χ2n) is 4.03. The molecule has 1 aromatic heterocycles. The normalized spacial score (nSPS) is 14.2. The van der Waals surface area contributed by atoms with Gasteiger partial charge in [-0.2, -0.15) is 5.10 Å². The molecule has 0 radical (unpaired) electrons. The van der Waals surface area contributed by atoms with Gasteiger partial charge in [0.2, 0.25) is 0 Å². The van der Waals surface area contributed by atoms with Crippen LogP contribution in [0.15, 0.2) is 12.3 Å². The van der Waals surface area contributed by atoms with Crippen molar-refractivity contribution in [1.82, 2.24) is 15.1 Å². The minimum absolute atomic E-state index is 0.0981. The lowest BCUT2D eigenvalue weighted by Gasteiger charge is -2.26. The highest BCUT2D eigenvalue weighted by molar-refractivity contribution is 5.88. The maximum absolute atomic E-state index is 11.6. The number of urea groups is 1. The number of carbonyl (C=O) groups is 1. The van der Waals surface area contributed by atoms with Crippen LogP contribution >= 0.6 is 0 Å². The zero-order valence-corrected chi connectivity index (χ0v) is 9.82. The minimum atomic E-state index is -0.598. The van der Waals surface area contributed by atoms with Gasteiger partial charge in [0, 0.05) is 19.3 Å². The predicted molar refractivity (Wildman–Crippen MR) is 61.1 cm³/mol. The van der Waals surface area contributed by atoms with E-state index in [1.54, 1.807) is 30.9 Å². The molecular weight excluding hydrogens is 208 g/mol. The van der Waals surface area contributed by atoms with E-state index in [1.807, 2.05) is 6.92 Å². The Labute approximate surface area is 94.6 Å². The SMILES string of the molecule is CCC(C)(CO)NC(=O)Nc1ccn(C)n1. The van der Waals surface area contributed by atoms with E-state index >= 15 is 0 Å². The first-order valence-corrected chi connectivity index (χ1v) is 5.19. The molecule has 3 N–H and O–H groups in total. The number of amides is 2. The van der Waals surface area contributed by atoms with Crippen LogP contribution in [0.5, 0.6) is 0 Å². The van der Waals surface area contributed by atoms with Crippen molar-refractivity contribution in [2.24, 2.45) is 7.05 Å². The molecule has 90 valence electrons. The zero-order valence-electron chi connectivity index (χ0n) is 9.82. The Bertz CT molecular complexity index is 357. The number of hydrogen-bond acceptors (Lipinski definition) is 3. The monoisotopic (exact) mass is 226 g/mol. The van der Waals surface area contributed by atoms with Crippen molar-refractivity contribution in [3.63, 3.8) is 0 Å². The Hall–Kier alpha value is -1.56. The van der Waals surface area contributed by atoms with Crippen molar-refractivity contribution < 1.29 is 9.90 Å². The second-order valence-corrected chi connectivity index (χ2v) is 4.03. The maximum Gasteiger partial charge on any atom is 0.320 e. The van der Waals surface area contributed by atoms with Crippen LogP contribution < -0.4 is 10.6 Å². The summed E-state index contributed by atoms with van der Waals surface area (Å²) in [7, 11) is 1.77. The number of anilines is 1. The average molecular weight is 226 g/mol. The molecule has 0 bridgehead atoms. The van der Waals surface area contributed by atoms with Crippen molar-refractivity contribution in [1.29, 1.82) is 0 Å². The molecule has 0 aliphatic heterocycles. The third-order valence-corrected chi connectivity index (χ3v) is 2.50. The fourth-order valence-electron chi connectivity index (χ4n) is 1.14. The molecule has 0 spiro atoms. The lowest BCUT2D eigenvalue weighted by Crippen LogP contribution is -2.50. The molecule has 1 atom stereocenters. The number of aliphatic hydroxyl groups is 1. The fourth-order valence-corrected chi connectivity index (χ4v) is 1.14. The molecule has 16 heavy (non-hydrogen) atoms. The number of aliphatic hydroxyl groups excluding tert-OH is 1. The van der Waals surface area contributed by atoms with Crippen molar-refractivity contribution >= 4 is 11.8 Å². The number of aryl methyl sites for hydroxylation is 1. The van der Waals surface area contributed by atoms with E-state index in [0.29, 0.717) is 12.2 Å². The van der Waals surface area contributed by atoms with Gasteiger partial charge >= 0.3 is 6.03 Å². The summed E-state index contributed by atoms with van der Waals surface area (Å²) in [4.78, 5) is 11.6. The Morgan fingerprint density at radius 3 is 2.81 bits per heavy atom. The predicted octanol–water partition coefficient (Wildman–Crippen LogP) is 0.703. The first-order chi connectivity index (χ1) is 7.49. The number of carbonyl (C=O) groups excluding carboxylic acids is 1. The summed E-state index contributed by atoms with van der Waals surface area (Å²) in [5, 5.41) is 18.5. The Morgan fingerprint density at radius 2 is 2.38 bits per heavy atom. The van der Waals surface area contributed by atoms with Crippen molar-refractivity contribution in [3.05, 3.63) is 12.3 Å². The Balaban J connectivity index is 2.53. The molecule has 0 aromatic carbocycles. The van der Waals surface area contributed by atoms with E-state index in [-0.39, 0.29) is 12.6 Å².